The van der Waals surface area contributed by atoms with Crippen LogP contribution in [0.5, 0.6) is 0 Å². The number of nitro benzene ring substituents is 1. The quantitative estimate of drug-likeness (QED) is 0.373. The van der Waals surface area contributed by atoms with Gasteiger partial charge in [-0.2, -0.15) is 0 Å². The molecule has 0 atom stereocenters. The van der Waals surface area contributed by atoms with E-state index in [2.05, 4.69) is 53.2 Å². The van der Waals surface area contributed by atoms with Crippen LogP contribution in [0.1, 0.15) is 37.4 Å². The van der Waals surface area contributed by atoms with Crippen molar-refractivity contribution in [2.24, 2.45) is 0 Å². The second-order valence-electron chi connectivity index (χ2n) is 8.83. The molecule has 0 unspecified atom stereocenters. The first kappa shape index (κ1) is 22.8. The summed E-state index contributed by atoms with van der Waals surface area (Å²) in [6.45, 7) is 8.40. The molecule has 0 radical (unpaired) electrons. The Morgan fingerprint density at radius 1 is 0.848 bits per heavy atom. The summed E-state index contributed by atoms with van der Waals surface area (Å²) in [4.78, 5) is 16.4. The van der Waals surface area contributed by atoms with Crippen molar-refractivity contribution in [3.63, 3.8) is 0 Å². The van der Waals surface area contributed by atoms with Crippen LogP contribution in [0.3, 0.4) is 0 Å². The largest absolute Gasteiger partial charge is 0.370 e. The molecule has 1 N–H and O–H groups in total. The number of anilines is 2. The van der Waals surface area contributed by atoms with E-state index in [0.29, 0.717) is 11.7 Å². The molecule has 3 aromatic carbocycles. The summed E-state index contributed by atoms with van der Waals surface area (Å²) in [5.74, 6) is 0. The minimum atomic E-state index is -0.303. The van der Waals surface area contributed by atoms with E-state index in [1.165, 1.54) is 0 Å². The molecule has 6 heteroatoms. The topological polar surface area (TPSA) is 61.7 Å². The summed E-state index contributed by atoms with van der Waals surface area (Å²) in [5, 5.41) is 15.4. The lowest BCUT2D eigenvalue weighted by molar-refractivity contribution is -0.384. The van der Waals surface area contributed by atoms with Gasteiger partial charge in [-0.25, -0.2) is 0 Å². The van der Waals surface area contributed by atoms with Gasteiger partial charge in [-0.1, -0.05) is 60.7 Å². The molecule has 0 saturated carbocycles. The average Bonchev–Trinajstić information content (AvgIpc) is 3.10. The van der Waals surface area contributed by atoms with Crippen molar-refractivity contribution < 1.29 is 4.92 Å². The standard InChI is InChI=1S/C27H32N4O2/c1-21(2)29-16-9-17-30(19-18-29)24-14-15-26(31(32)33)25(20-24)28-27(22-10-5-3-6-11-22)23-12-7-4-8-13-23/h3-8,10-15,20-21,27-28H,9,16-19H2,1-2H3. The van der Waals surface area contributed by atoms with Crippen molar-refractivity contribution in [2.45, 2.75) is 32.4 Å². The van der Waals surface area contributed by atoms with E-state index < -0.39 is 0 Å². The van der Waals surface area contributed by atoms with Crippen LogP contribution in [0.2, 0.25) is 0 Å². The van der Waals surface area contributed by atoms with Crippen LogP contribution in [0.4, 0.5) is 17.1 Å². The van der Waals surface area contributed by atoms with Crippen molar-refractivity contribution in [3.8, 4) is 0 Å². The van der Waals surface area contributed by atoms with Gasteiger partial charge in [0.2, 0.25) is 0 Å². The Balaban J connectivity index is 1.67. The lowest BCUT2D eigenvalue weighted by Crippen LogP contribution is -2.35. The van der Waals surface area contributed by atoms with Crippen LogP contribution < -0.4 is 10.2 Å². The van der Waals surface area contributed by atoms with Crippen molar-refractivity contribution in [1.82, 2.24) is 4.90 Å². The zero-order valence-electron chi connectivity index (χ0n) is 19.4. The summed E-state index contributed by atoms with van der Waals surface area (Å²) in [5.41, 5.74) is 3.78. The number of hydrogen-bond acceptors (Lipinski definition) is 5. The predicted octanol–water partition coefficient (Wildman–Crippen LogP) is 5.72. The number of nitro groups is 1. The first-order valence-corrected chi connectivity index (χ1v) is 11.7. The molecule has 33 heavy (non-hydrogen) atoms. The third-order valence-electron chi connectivity index (χ3n) is 6.37. The summed E-state index contributed by atoms with van der Waals surface area (Å²) < 4.78 is 0. The first-order chi connectivity index (χ1) is 16.0. The zero-order chi connectivity index (χ0) is 23.2. The lowest BCUT2D eigenvalue weighted by Gasteiger charge is -2.26. The normalized spacial score (nSPS) is 15.0. The van der Waals surface area contributed by atoms with Gasteiger partial charge in [-0.3, -0.25) is 15.0 Å². The maximum atomic E-state index is 11.9. The molecule has 1 heterocycles. The molecule has 6 nitrogen and oxygen atoms in total. The number of benzene rings is 3. The van der Waals surface area contributed by atoms with E-state index in [9.17, 15) is 10.1 Å². The molecular formula is C27H32N4O2. The van der Waals surface area contributed by atoms with Gasteiger partial charge in [-0.15, -0.1) is 0 Å². The lowest BCUT2D eigenvalue weighted by atomic mass is 9.98. The fourth-order valence-corrected chi connectivity index (χ4v) is 4.51. The van der Waals surface area contributed by atoms with Crippen LogP contribution in [0.25, 0.3) is 0 Å². The SMILES string of the molecule is CC(C)N1CCCN(c2ccc([N+](=O)[O-])c(NC(c3ccccc3)c3ccccc3)c2)CC1. The van der Waals surface area contributed by atoms with Crippen LogP contribution in [0, 0.1) is 10.1 Å². The number of hydrogen-bond donors (Lipinski definition) is 1. The highest BCUT2D eigenvalue weighted by Gasteiger charge is 2.23. The van der Waals surface area contributed by atoms with Gasteiger partial charge < -0.3 is 10.2 Å². The fraction of sp³-hybridized carbons (Fsp3) is 0.333. The third-order valence-corrected chi connectivity index (χ3v) is 6.37. The predicted molar refractivity (Wildman–Crippen MR) is 135 cm³/mol. The highest BCUT2D eigenvalue weighted by Crippen LogP contribution is 2.35. The molecule has 0 bridgehead atoms. The van der Waals surface area contributed by atoms with Gasteiger partial charge in [0.15, 0.2) is 0 Å². The Labute approximate surface area is 196 Å². The number of nitrogens with one attached hydrogen (secondary N) is 1. The van der Waals surface area contributed by atoms with Crippen LogP contribution in [0.15, 0.2) is 78.9 Å². The first-order valence-electron chi connectivity index (χ1n) is 11.7. The Kier molecular flexibility index (Phi) is 7.25. The molecule has 3 aromatic rings. The van der Waals surface area contributed by atoms with Gasteiger partial charge in [-0.05, 0) is 43.5 Å². The van der Waals surface area contributed by atoms with Gasteiger partial charge in [0.1, 0.15) is 5.69 Å². The van der Waals surface area contributed by atoms with Crippen LogP contribution in [-0.4, -0.2) is 42.0 Å². The molecule has 1 saturated heterocycles. The van der Waals surface area contributed by atoms with Gasteiger partial charge in [0.05, 0.1) is 11.0 Å². The van der Waals surface area contributed by atoms with E-state index in [1.54, 1.807) is 6.07 Å². The Morgan fingerprint density at radius 2 is 1.48 bits per heavy atom. The minimum absolute atomic E-state index is 0.0919. The monoisotopic (exact) mass is 444 g/mol. The molecule has 1 aliphatic heterocycles. The molecule has 4 rings (SSSR count). The summed E-state index contributed by atoms with van der Waals surface area (Å²) >= 11 is 0. The smallest absolute Gasteiger partial charge is 0.292 e. The number of nitrogens with zero attached hydrogens (tertiary/aromatic N) is 3. The van der Waals surface area contributed by atoms with Gasteiger partial charge >= 0.3 is 0 Å². The van der Waals surface area contributed by atoms with E-state index in [4.69, 9.17) is 0 Å². The molecule has 0 aliphatic carbocycles. The van der Waals surface area contributed by atoms with Crippen molar-refractivity contribution in [1.29, 1.82) is 0 Å². The zero-order valence-corrected chi connectivity index (χ0v) is 19.4. The number of rotatable bonds is 7. The highest BCUT2D eigenvalue weighted by molar-refractivity contribution is 5.70. The van der Waals surface area contributed by atoms with Crippen molar-refractivity contribution in [3.05, 3.63) is 100 Å². The van der Waals surface area contributed by atoms with Crippen molar-refractivity contribution in [2.75, 3.05) is 36.4 Å². The van der Waals surface area contributed by atoms with Crippen LogP contribution in [-0.2, 0) is 0 Å². The molecule has 1 fully saturated rings. The van der Waals surface area contributed by atoms with E-state index in [-0.39, 0.29) is 16.7 Å². The Bertz CT molecular complexity index is 1020. The molecule has 1 aliphatic rings. The maximum Gasteiger partial charge on any atom is 0.292 e. The Hall–Kier alpha value is -3.38. The molecule has 0 amide bonds. The Morgan fingerprint density at radius 3 is 2.06 bits per heavy atom. The van der Waals surface area contributed by atoms with Gasteiger partial charge in [0, 0.05) is 44.0 Å². The molecule has 0 spiro atoms. The third kappa shape index (κ3) is 5.52. The minimum Gasteiger partial charge on any atom is -0.370 e. The van der Waals surface area contributed by atoms with Crippen molar-refractivity contribution >= 4 is 17.1 Å². The molecular weight excluding hydrogens is 412 g/mol. The van der Waals surface area contributed by atoms with Gasteiger partial charge in [0.25, 0.3) is 5.69 Å². The van der Waals surface area contributed by atoms with E-state index in [0.717, 1.165) is 49.4 Å². The summed E-state index contributed by atoms with van der Waals surface area (Å²) in [6.07, 6.45) is 1.08. The molecule has 172 valence electrons. The molecule has 0 aromatic heterocycles. The summed E-state index contributed by atoms with van der Waals surface area (Å²) in [6, 6.07) is 25.9. The van der Waals surface area contributed by atoms with E-state index in [1.807, 2.05) is 48.5 Å². The maximum absolute atomic E-state index is 11.9. The van der Waals surface area contributed by atoms with E-state index >= 15 is 0 Å². The summed E-state index contributed by atoms with van der Waals surface area (Å²) in [7, 11) is 0. The second-order valence-corrected chi connectivity index (χ2v) is 8.83. The van der Waals surface area contributed by atoms with Crippen LogP contribution >= 0.6 is 0 Å². The average molecular weight is 445 g/mol. The highest BCUT2D eigenvalue weighted by atomic mass is 16.6. The second kappa shape index (κ2) is 10.5. The fourth-order valence-electron chi connectivity index (χ4n) is 4.51.